The van der Waals surface area contributed by atoms with Crippen molar-refractivity contribution in [3.05, 3.63) is 17.5 Å². The van der Waals surface area contributed by atoms with Gasteiger partial charge >= 0.3 is 0 Å². The molecule has 4 nitrogen and oxygen atoms in total. The summed E-state index contributed by atoms with van der Waals surface area (Å²) < 4.78 is 26.6. The van der Waals surface area contributed by atoms with Crippen LogP contribution in [0.4, 0.5) is 0 Å². The van der Waals surface area contributed by atoms with Crippen LogP contribution in [0.3, 0.4) is 0 Å². The van der Waals surface area contributed by atoms with E-state index < -0.39 is 10.0 Å². The van der Waals surface area contributed by atoms with Crippen molar-refractivity contribution in [3.63, 3.8) is 0 Å². The maximum absolute atomic E-state index is 10.8. The van der Waals surface area contributed by atoms with Crippen LogP contribution in [-0.4, -0.2) is 8.42 Å². The van der Waals surface area contributed by atoms with Gasteiger partial charge in [-0.15, -0.1) is 11.3 Å². The summed E-state index contributed by atoms with van der Waals surface area (Å²) in [4.78, 5) is 0.582. The van der Waals surface area contributed by atoms with Crippen LogP contribution in [0, 0.1) is 0 Å². The van der Waals surface area contributed by atoms with E-state index in [9.17, 15) is 8.42 Å². The Labute approximate surface area is 72.6 Å². The van der Waals surface area contributed by atoms with Crippen LogP contribution in [0.15, 0.2) is 27.0 Å². The Morgan fingerprint density at radius 3 is 2.83 bits per heavy atom. The molecule has 6 heteroatoms. The van der Waals surface area contributed by atoms with Crippen molar-refractivity contribution in [1.29, 1.82) is 0 Å². The monoisotopic (exact) mass is 203 g/mol. The first-order chi connectivity index (χ1) is 5.57. The van der Waals surface area contributed by atoms with E-state index in [1.54, 1.807) is 6.07 Å². The molecule has 0 amide bonds. The lowest BCUT2D eigenvalue weighted by Crippen LogP contribution is -2.10. The Balaban J connectivity index is 2.75. The summed E-state index contributed by atoms with van der Waals surface area (Å²) >= 11 is 1.34. The molecule has 0 aromatic carbocycles. The standard InChI is InChI=1S/C6H5NO3S2/c7-12(8,9)5-3-4-1-2-11-6(4)10-5/h1-3H,(H2,7,8,9). The summed E-state index contributed by atoms with van der Waals surface area (Å²) in [6.45, 7) is 0. The SMILES string of the molecule is NS(=O)(=O)c1cc2ccsc2o1. The highest BCUT2D eigenvalue weighted by Crippen LogP contribution is 2.26. The van der Waals surface area contributed by atoms with E-state index in [-0.39, 0.29) is 5.09 Å². The quantitative estimate of drug-likeness (QED) is 0.755. The minimum Gasteiger partial charge on any atom is -0.433 e. The molecule has 0 bridgehead atoms. The van der Waals surface area contributed by atoms with Gasteiger partial charge in [0.05, 0.1) is 0 Å². The number of fused-ring (bicyclic) bond motifs is 1. The van der Waals surface area contributed by atoms with E-state index in [4.69, 9.17) is 9.56 Å². The summed E-state index contributed by atoms with van der Waals surface area (Å²) in [7, 11) is -3.69. The van der Waals surface area contributed by atoms with Gasteiger partial charge in [0.1, 0.15) is 0 Å². The average molecular weight is 203 g/mol. The van der Waals surface area contributed by atoms with Crippen LogP contribution in [0.5, 0.6) is 0 Å². The van der Waals surface area contributed by atoms with E-state index in [2.05, 4.69) is 0 Å². The molecule has 12 heavy (non-hydrogen) atoms. The Morgan fingerprint density at radius 2 is 2.25 bits per heavy atom. The Bertz CT molecular complexity index is 479. The van der Waals surface area contributed by atoms with Crippen LogP contribution in [-0.2, 0) is 10.0 Å². The molecule has 0 aliphatic heterocycles. The predicted octanol–water partition coefficient (Wildman–Crippen LogP) is 1.14. The number of thiophene rings is 1. The van der Waals surface area contributed by atoms with Crippen molar-refractivity contribution >= 4 is 31.6 Å². The fourth-order valence-electron chi connectivity index (χ4n) is 0.883. The third kappa shape index (κ3) is 1.13. The number of rotatable bonds is 1. The van der Waals surface area contributed by atoms with E-state index in [0.29, 0.717) is 4.90 Å². The molecule has 64 valence electrons. The van der Waals surface area contributed by atoms with Gasteiger partial charge in [-0.25, -0.2) is 13.6 Å². The second kappa shape index (κ2) is 2.32. The van der Waals surface area contributed by atoms with Crippen molar-refractivity contribution in [2.45, 2.75) is 5.09 Å². The highest BCUT2D eigenvalue weighted by molar-refractivity contribution is 7.89. The van der Waals surface area contributed by atoms with Gasteiger partial charge in [0.2, 0.25) is 5.09 Å². The van der Waals surface area contributed by atoms with Crippen LogP contribution in [0.2, 0.25) is 0 Å². The molecule has 0 saturated carbocycles. The van der Waals surface area contributed by atoms with Crippen molar-refractivity contribution in [2.75, 3.05) is 0 Å². The van der Waals surface area contributed by atoms with Gasteiger partial charge in [-0.05, 0) is 11.4 Å². The van der Waals surface area contributed by atoms with Crippen LogP contribution >= 0.6 is 11.3 Å². The predicted molar refractivity (Wildman–Crippen MR) is 45.5 cm³/mol. The van der Waals surface area contributed by atoms with Crippen molar-refractivity contribution in [3.8, 4) is 0 Å². The highest BCUT2D eigenvalue weighted by atomic mass is 32.2. The molecule has 0 aliphatic rings. The van der Waals surface area contributed by atoms with Gasteiger partial charge in [0, 0.05) is 11.5 Å². The lowest BCUT2D eigenvalue weighted by molar-refractivity contribution is 0.486. The molecular formula is C6H5NO3S2. The molecule has 2 aromatic heterocycles. The Kier molecular flexibility index (Phi) is 1.50. The first-order valence-electron chi connectivity index (χ1n) is 3.07. The molecular weight excluding hydrogens is 198 g/mol. The fraction of sp³-hybridized carbons (Fsp3) is 0. The normalized spacial score (nSPS) is 12.4. The van der Waals surface area contributed by atoms with E-state index in [1.165, 1.54) is 17.4 Å². The zero-order valence-corrected chi connectivity index (χ0v) is 7.48. The van der Waals surface area contributed by atoms with Gasteiger partial charge < -0.3 is 4.42 Å². The minimum atomic E-state index is -3.69. The molecule has 0 radical (unpaired) electrons. The zero-order chi connectivity index (χ0) is 8.77. The van der Waals surface area contributed by atoms with Crippen LogP contribution in [0.25, 0.3) is 10.3 Å². The van der Waals surface area contributed by atoms with Gasteiger partial charge in [-0.3, -0.25) is 0 Å². The number of furan rings is 1. The van der Waals surface area contributed by atoms with Gasteiger partial charge in [0.25, 0.3) is 10.0 Å². The molecule has 2 N–H and O–H groups in total. The number of hydrogen-bond acceptors (Lipinski definition) is 4. The number of sulfonamides is 1. The molecule has 0 atom stereocenters. The molecule has 0 unspecified atom stereocenters. The van der Waals surface area contributed by atoms with E-state index >= 15 is 0 Å². The second-order valence-electron chi connectivity index (χ2n) is 2.27. The highest BCUT2D eigenvalue weighted by Gasteiger charge is 2.14. The van der Waals surface area contributed by atoms with Crippen molar-refractivity contribution in [2.24, 2.45) is 5.14 Å². The summed E-state index contributed by atoms with van der Waals surface area (Å²) in [5.74, 6) is 0. The second-order valence-corrected chi connectivity index (χ2v) is 4.64. The maximum Gasteiger partial charge on any atom is 0.271 e. The molecule has 0 spiro atoms. The summed E-state index contributed by atoms with van der Waals surface area (Å²) in [5.41, 5.74) is 0. The lowest BCUT2D eigenvalue weighted by Gasteiger charge is -1.87. The molecule has 0 aliphatic carbocycles. The van der Waals surface area contributed by atoms with Gasteiger partial charge in [-0.1, -0.05) is 0 Å². The van der Waals surface area contributed by atoms with Gasteiger partial charge in [0.15, 0.2) is 4.90 Å². The number of nitrogens with two attached hydrogens (primary N) is 1. The van der Waals surface area contributed by atoms with Crippen molar-refractivity contribution in [1.82, 2.24) is 0 Å². The third-order valence-electron chi connectivity index (χ3n) is 1.41. The molecule has 2 rings (SSSR count). The van der Waals surface area contributed by atoms with Crippen molar-refractivity contribution < 1.29 is 12.8 Å². The average Bonchev–Trinajstić information content (AvgIpc) is 2.37. The largest absolute Gasteiger partial charge is 0.433 e. The van der Waals surface area contributed by atoms with Crippen LogP contribution in [0.1, 0.15) is 0 Å². The summed E-state index contributed by atoms with van der Waals surface area (Å²) in [6, 6.07) is 3.19. The summed E-state index contributed by atoms with van der Waals surface area (Å²) in [6.07, 6.45) is 0. The number of hydrogen-bond donors (Lipinski definition) is 1. The topological polar surface area (TPSA) is 73.3 Å². The number of primary sulfonamides is 1. The smallest absolute Gasteiger partial charge is 0.271 e. The third-order valence-corrected chi connectivity index (χ3v) is 2.97. The maximum atomic E-state index is 10.8. The molecule has 2 heterocycles. The fourth-order valence-corrected chi connectivity index (χ4v) is 2.17. The molecule has 0 saturated heterocycles. The Morgan fingerprint density at radius 1 is 1.50 bits per heavy atom. The van der Waals surface area contributed by atoms with Crippen LogP contribution < -0.4 is 5.14 Å². The summed E-state index contributed by atoms with van der Waals surface area (Å²) in [5, 5.41) is 7.27. The zero-order valence-electron chi connectivity index (χ0n) is 5.85. The molecule has 0 fully saturated rings. The minimum absolute atomic E-state index is 0.177. The van der Waals surface area contributed by atoms with E-state index in [1.807, 2.05) is 5.38 Å². The first kappa shape index (κ1) is 7.78. The first-order valence-corrected chi connectivity index (χ1v) is 5.50. The Hall–Kier alpha value is -0.850. The van der Waals surface area contributed by atoms with E-state index in [0.717, 1.165) is 5.39 Å². The lowest BCUT2D eigenvalue weighted by atomic mass is 10.4. The van der Waals surface area contributed by atoms with Gasteiger partial charge in [-0.2, -0.15) is 0 Å². The molecule has 2 aromatic rings.